The van der Waals surface area contributed by atoms with Crippen molar-refractivity contribution in [2.45, 2.75) is 53.0 Å². The Morgan fingerprint density at radius 2 is 1.80 bits per heavy atom. The van der Waals surface area contributed by atoms with Crippen LogP contribution in [0, 0.1) is 11.3 Å². The molecule has 0 aliphatic carbocycles. The van der Waals surface area contributed by atoms with Crippen LogP contribution in [0.15, 0.2) is 24.3 Å². The molecule has 1 aliphatic rings. The van der Waals surface area contributed by atoms with Crippen molar-refractivity contribution in [3.8, 4) is 5.75 Å². The number of methoxy groups -OCH3 is 1. The lowest BCUT2D eigenvalue weighted by atomic mass is 9.83. The predicted octanol–water partition coefficient (Wildman–Crippen LogP) is 3.85. The van der Waals surface area contributed by atoms with E-state index < -0.39 is 0 Å². The number of nitrogens with zero attached hydrogens (tertiary/aromatic N) is 1. The smallest absolute Gasteiger partial charge is 0.225 e. The Hall–Kier alpha value is -1.55. The molecule has 1 N–H and O–H groups in total. The zero-order valence-electron chi connectivity index (χ0n) is 16.3. The van der Waals surface area contributed by atoms with Crippen molar-refractivity contribution >= 4 is 5.91 Å². The molecule has 4 heteroatoms. The molecule has 4 nitrogen and oxygen atoms in total. The summed E-state index contributed by atoms with van der Waals surface area (Å²) < 4.78 is 5.21. The summed E-state index contributed by atoms with van der Waals surface area (Å²) in [5, 5.41) is 3.20. The third-order valence-corrected chi connectivity index (χ3v) is 5.93. The minimum Gasteiger partial charge on any atom is -0.497 e. The van der Waals surface area contributed by atoms with Gasteiger partial charge in [-0.05, 0) is 62.4 Å². The van der Waals surface area contributed by atoms with Gasteiger partial charge < -0.3 is 10.1 Å². The van der Waals surface area contributed by atoms with E-state index in [9.17, 15) is 4.79 Å². The summed E-state index contributed by atoms with van der Waals surface area (Å²) in [6.07, 6.45) is 4.11. The van der Waals surface area contributed by atoms with Gasteiger partial charge in [0.05, 0.1) is 7.11 Å². The van der Waals surface area contributed by atoms with E-state index in [2.05, 4.69) is 43.1 Å². The van der Waals surface area contributed by atoms with Crippen molar-refractivity contribution < 1.29 is 9.53 Å². The van der Waals surface area contributed by atoms with Crippen LogP contribution in [0.3, 0.4) is 0 Å². The Bertz CT molecular complexity index is 529. The molecule has 1 heterocycles. The fourth-order valence-corrected chi connectivity index (χ4v) is 3.36. The molecule has 1 aromatic rings. The molecule has 1 aliphatic heterocycles. The maximum absolute atomic E-state index is 12.4. The summed E-state index contributed by atoms with van der Waals surface area (Å²) in [6.45, 7) is 10.3. The highest BCUT2D eigenvalue weighted by molar-refractivity contribution is 5.82. The van der Waals surface area contributed by atoms with E-state index in [0.717, 1.165) is 57.6 Å². The van der Waals surface area contributed by atoms with E-state index >= 15 is 0 Å². The van der Waals surface area contributed by atoms with Crippen LogP contribution in [0.25, 0.3) is 0 Å². The molecule has 0 atom stereocenters. The second-order valence-corrected chi connectivity index (χ2v) is 7.55. The highest BCUT2D eigenvalue weighted by atomic mass is 16.5. The number of hydrogen-bond donors (Lipinski definition) is 1. The van der Waals surface area contributed by atoms with Crippen LogP contribution in [0.4, 0.5) is 0 Å². The van der Waals surface area contributed by atoms with Gasteiger partial charge in [0.1, 0.15) is 5.75 Å². The van der Waals surface area contributed by atoms with Gasteiger partial charge >= 0.3 is 0 Å². The van der Waals surface area contributed by atoms with Gasteiger partial charge in [0.15, 0.2) is 0 Å². The summed E-state index contributed by atoms with van der Waals surface area (Å²) in [6, 6.07) is 8.33. The van der Waals surface area contributed by atoms with Crippen molar-refractivity contribution in [2.75, 3.05) is 26.7 Å². The molecule has 1 saturated heterocycles. The molecule has 0 radical (unpaired) electrons. The topological polar surface area (TPSA) is 41.6 Å². The van der Waals surface area contributed by atoms with E-state index in [0.29, 0.717) is 5.92 Å². The Labute approximate surface area is 152 Å². The summed E-state index contributed by atoms with van der Waals surface area (Å²) >= 11 is 0. The van der Waals surface area contributed by atoms with Crippen LogP contribution in [0.5, 0.6) is 5.75 Å². The second-order valence-electron chi connectivity index (χ2n) is 7.55. The lowest BCUT2D eigenvalue weighted by Gasteiger charge is -2.33. The number of nitrogens with one attached hydrogen (secondary N) is 1. The van der Waals surface area contributed by atoms with Crippen molar-refractivity contribution in [3.05, 3.63) is 29.8 Å². The molecular weight excluding hydrogens is 312 g/mol. The number of carbonyl (C=O) groups is 1. The number of benzene rings is 1. The third kappa shape index (κ3) is 5.46. The molecule has 0 unspecified atom stereocenters. The van der Waals surface area contributed by atoms with Crippen LogP contribution in [-0.4, -0.2) is 37.6 Å². The van der Waals surface area contributed by atoms with Crippen molar-refractivity contribution in [1.29, 1.82) is 0 Å². The Balaban J connectivity index is 1.73. The average Bonchev–Trinajstić information content (AvgIpc) is 2.67. The first-order valence-electron chi connectivity index (χ1n) is 9.64. The number of hydrogen-bond acceptors (Lipinski definition) is 3. The Morgan fingerprint density at radius 3 is 2.32 bits per heavy atom. The molecule has 25 heavy (non-hydrogen) atoms. The third-order valence-electron chi connectivity index (χ3n) is 5.93. The van der Waals surface area contributed by atoms with Crippen LogP contribution in [-0.2, 0) is 11.3 Å². The number of amides is 1. The molecule has 0 spiro atoms. The molecule has 0 saturated carbocycles. The zero-order chi connectivity index (χ0) is 18.3. The highest BCUT2D eigenvalue weighted by Gasteiger charge is 2.29. The Kier molecular flexibility index (Phi) is 7.30. The normalized spacial score (nSPS) is 16.6. The van der Waals surface area contributed by atoms with Crippen molar-refractivity contribution in [2.24, 2.45) is 11.3 Å². The average molecular weight is 347 g/mol. The van der Waals surface area contributed by atoms with Gasteiger partial charge in [-0.25, -0.2) is 0 Å². The quantitative estimate of drug-likeness (QED) is 0.777. The number of ether oxygens (including phenoxy) is 1. The maximum Gasteiger partial charge on any atom is 0.225 e. The van der Waals surface area contributed by atoms with Crippen LogP contribution < -0.4 is 10.1 Å². The van der Waals surface area contributed by atoms with Crippen LogP contribution in [0.1, 0.15) is 52.0 Å². The van der Waals surface area contributed by atoms with E-state index in [1.807, 2.05) is 12.1 Å². The number of likely N-dealkylation sites (tertiary alicyclic amines) is 1. The second kappa shape index (κ2) is 9.23. The molecule has 140 valence electrons. The lowest BCUT2D eigenvalue weighted by Crippen LogP contribution is -2.43. The fourth-order valence-electron chi connectivity index (χ4n) is 3.36. The molecule has 1 fully saturated rings. The predicted molar refractivity (Wildman–Crippen MR) is 103 cm³/mol. The van der Waals surface area contributed by atoms with E-state index in [4.69, 9.17) is 4.74 Å². The van der Waals surface area contributed by atoms with Gasteiger partial charge in [-0.1, -0.05) is 32.9 Å². The molecule has 0 bridgehead atoms. The zero-order valence-corrected chi connectivity index (χ0v) is 16.3. The Morgan fingerprint density at radius 1 is 1.20 bits per heavy atom. The first-order valence-corrected chi connectivity index (χ1v) is 9.64. The van der Waals surface area contributed by atoms with E-state index in [-0.39, 0.29) is 11.3 Å². The lowest BCUT2D eigenvalue weighted by molar-refractivity contribution is -0.130. The van der Waals surface area contributed by atoms with Gasteiger partial charge in [-0.15, -0.1) is 0 Å². The maximum atomic E-state index is 12.4. The first kappa shape index (κ1) is 19.8. The van der Waals surface area contributed by atoms with Crippen molar-refractivity contribution in [1.82, 2.24) is 10.2 Å². The molecular formula is C21H34N2O2. The van der Waals surface area contributed by atoms with E-state index in [1.165, 1.54) is 5.56 Å². The summed E-state index contributed by atoms with van der Waals surface area (Å²) in [5.74, 6) is 1.73. The molecule has 1 amide bonds. The summed E-state index contributed by atoms with van der Waals surface area (Å²) in [7, 11) is 1.70. The number of carbonyl (C=O) groups excluding carboxylic acids is 1. The number of rotatable bonds is 8. The van der Waals surface area contributed by atoms with E-state index in [1.54, 1.807) is 7.11 Å². The molecule has 0 aromatic heterocycles. The van der Waals surface area contributed by atoms with Gasteiger partial charge in [-0.2, -0.15) is 0 Å². The monoisotopic (exact) mass is 346 g/mol. The summed E-state index contributed by atoms with van der Waals surface area (Å²) in [4.78, 5) is 14.9. The van der Waals surface area contributed by atoms with Crippen LogP contribution >= 0.6 is 0 Å². The molecule has 2 rings (SSSR count). The SMILES string of the molecule is CCC(C)(CC)C(=O)NCC1CCN(Cc2ccc(OC)cc2)CC1. The minimum atomic E-state index is -0.213. The van der Waals surface area contributed by atoms with Gasteiger partial charge in [-0.3, -0.25) is 9.69 Å². The van der Waals surface area contributed by atoms with Gasteiger partial charge in [0, 0.05) is 18.5 Å². The largest absolute Gasteiger partial charge is 0.497 e. The van der Waals surface area contributed by atoms with Gasteiger partial charge in [0.2, 0.25) is 5.91 Å². The van der Waals surface area contributed by atoms with Crippen LogP contribution in [0.2, 0.25) is 0 Å². The minimum absolute atomic E-state index is 0.213. The van der Waals surface area contributed by atoms with Gasteiger partial charge in [0.25, 0.3) is 0 Å². The number of piperidine rings is 1. The first-order chi connectivity index (χ1) is 12.0. The fraction of sp³-hybridized carbons (Fsp3) is 0.667. The standard InChI is InChI=1S/C21H34N2O2/c1-5-21(3,6-2)20(24)22-15-17-11-13-23(14-12-17)16-18-7-9-19(25-4)10-8-18/h7-10,17H,5-6,11-16H2,1-4H3,(H,22,24). The highest BCUT2D eigenvalue weighted by Crippen LogP contribution is 2.26. The summed E-state index contributed by atoms with van der Waals surface area (Å²) in [5.41, 5.74) is 1.11. The molecule has 1 aromatic carbocycles. The van der Waals surface area contributed by atoms with Crippen molar-refractivity contribution in [3.63, 3.8) is 0 Å².